The lowest BCUT2D eigenvalue weighted by Crippen LogP contribution is -2.23. The molecule has 2 rings (SSSR count). The van der Waals surface area contributed by atoms with Gasteiger partial charge in [-0.2, -0.15) is 5.10 Å². The minimum absolute atomic E-state index is 0.256. The Morgan fingerprint density at radius 2 is 2.05 bits per heavy atom. The first kappa shape index (κ1) is 14.8. The van der Waals surface area contributed by atoms with Gasteiger partial charge in [0.05, 0.1) is 6.20 Å². The van der Waals surface area contributed by atoms with Crippen molar-refractivity contribution >= 4 is 11.8 Å². The summed E-state index contributed by atoms with van der Waals surface area (Å²) < 4.78 is 2.04. The van der Waals surface area contributed by atoms with E-state index in [2.05, 4.69) is 10.00 Å². The maximum atomic E-state index is 10.5. The number of aliphatic carboxylic acids is 1. The molecule has 0 unspecified atom stereocenters. The molecule has 1 saturated heterocycles. The van der Waals surface area contributed by atoms with Crippen molar-refractivity contribution < 1.29 is 9.90 Å². The highest BCUT2D eigenvalue weighted by Gasteiger charge is 2.20. The molecule has 1 fully saturated rings. The number of anilines is 1. The molecule has 2 heterocycles. The summed E-state index contributed by atoms with van der Waals surface area (Å²) in [4.78, 5) is 12.8. The molecule has 1 aliphatic rings. The van der Waals surface area contributed by atoms with Gasteiger partial charge in [0.2, 0.25) is 0 Å². The number of carbonyl (C=O) groups is 1. The van der Waals surface area contributed by atoms with Crippen LogP contribution in [0.2, 0.25) is 0 Å². The molecule has 0 amide bonds. The zero-order chi connectivity index (χ0) is 14.4. The van der Waals surface area contributed by atoms with Gasteiger partial charge in [-0.05, 0) is 25.7 Å². The summed E-state index contributed by atoms with van der Waals surface area (Å²) in [6, 6.07) is 0. The Bertz CT molecular complexity index is 438. The van der Waals surface area contributed by atoms with Crippen molar-refractivity contribution in [3.8, 4) is 0 Å². The third kappa shape index (κ3) is 3.72. The molecule has 0 aromatic carbocycles. The maximum Gasteiger partial charge on any atom is 0.303 e. The van der Waals surface area contributed by atoms with E-state index in [-0.39, 0.29) is 6.42 Å². The summed E-state index contributed by atoms with van der Waals surface area (Å²) in [6.45, 7) is 3.52. The second-order valence-electron chi connectivity index (χ2n) is 5.32. The van der Waals surface area contributed by atoms with Crippen molar-refractivity contribution in [1.82, 2.24) is 9.78 Å². The molecule has 1 aliphatic heterocycles. The molecule has 0 radical (unpaired) electrons. The van der Waals surface area contributed by atoms with Gasteiger partial charge in [0.15, 0.2) is 0 Å². The Balaban J connectivity index is 1.90. The van der Waals surface area contributed by atoms with Crippen LogP contribution in [-0.4, -0.2) is 33.9 Å². The first-order valence-corrected chi connectivity index (χ1v) is 7.44. The highest BCUT2D eigenvalue weighted by Crippen LogP contribution is 2.24. The summed E-state index contributed by atoms with van der Waals surface area (Å²) >= 11 is 0. The number of nitrogens with zero attached hydrogens (tertiary/aromatic N) is 3. The fourth-order valence-corrected chi connectivity index (χ4v) is 2.74. The van der Waals surface area contributed by atoms with Gasteiger partial charge in [-0.25, -0.2) is 4.68 Å². The number of rotatable bonds is 8. The van der Waals surface area contributed by atoms with Crippen molar-refractivity contribution in [2.24, 2.45) is 5.73 Å². The number of carboxylic acids is 1. The number of aryl methyl sites for hydroxylation is 1. The van der Waals surface area contributed by atoms with Gasteiger partial charge in [-0.1, -0.05) is 6.42 Å². The van der Waals surface area contributed by atoms with E-state index in [9.17, 15) is 4.79 Å². The quantitative estimate of drug-likeness (QED) is 0.706. The first-order valence-electron chi connectivity index (χ1n) is 7.44. The summed E-state index contributed by atoms with van der Waals surface area (Å²) in [6.07, 6.45) is 7.20. The predicted molar refractivity (Wildman–Crippen MR) is 77.7 cm³/mol. The van der Waals surface area contributed by atoms with Gasteiger partial charge in [-0.3, -0.25) is 4.79 Å². The smallest absolute Gasteiger partial charge is 0.303 e. The summed E-state index contributed by atoms with van der Waals surface area (Å²) in [5, 5.41) is 13.1. The second-order valence-corrected chi connectivity index (χ2v) is 5.32. The number of carboxylic acid groups (broad SMARTS) is 1. The van der Waals surface area contributed by atoms with Gasteiger partial charge in [0.1, 0.15) is 5.82 Å². The molecule has 0 saturated carbocycles. The fraction of sp³-hybridized carbons (Fsp3) is 0.714. The number of hydrogen-bond acceptors (Lipinski definition) is 4. The molecule has 0 bridgehead atoms. The number of nitrogens with two attached hydrogens (primary N) is 1. The highest BCUT2D eigenvalue weighted by atomic mass is 16.4. The zero-order valence-corrected chi connectivity index (χ0v) is 11.9. The average Bonchev–Trinajstić information content (AvgIpc) is 3.06. The molecular weight excluding hydrogens is 256 g/mol. The van der Waals surface area contributed by atoms with Gasteiger partial charge in [-0.15, -0.1) is 0 Å². The van der Waals surface area contributed by atoms with Gasteiger partial charge in [0.25, 0.3) is 0 Å². The number of aromatic nitrogens is 2. The van der Waals surface area contributed by atoms with Crippen LogP contribution in [0.15, 0.2) is 6.20 Å². The predicted octanol–water partition coefficient (Wildman–Crippen LogP) is 1.59. The lowest BCUT2D eigenvalue weighted by molar-refractivity contribution is -0.137. The van der Waals surface area contributed by atoms with E-state index in [1.165, 1.54) is 18.7 Å². The van der Waals surface area contributed by atoms with Crippen LogP contribution >= 0.6 is 0 Å². The van der Waals surface area contributed by atoms with Crippen LogP contribution in [0, 0.1) is 0 Å². The molecule has 1 aromatic heterocycles. The normalized spacial score (nSPS) is 14.9. The second kappa shape index (κ2) is 7.28. The standard InChI is InChI=1S/C14H24N4O2/c15-10-12-11-16-18(9-3-1-2-6-13(19)20)14(12)17-7-4-5-8-17/h11H,1-10,15H2,(H,19,20). The minimum Gasteiger partial charge on any atom is -0.481 e. The van der Waals surface area contributed by atoms with Crippen LogP contribution in [0.4, 0.5) is 5.82 Å². The summed E-state index contributed by atoms with van der Waals surface area (Å²) in [7, 11) is 0. The number of unbranched alkanes of at least 4 members (excludes halogenated alkanes) is 2. The molecule has 6 nitrogen and oxygen atoms in total. The minimum atomic E-state index is -0.715. The van der Waals surface area contributed by atoms with Crippen molar-refractivity contribution in [2.75, 3.05) is 18.0 Å². The molecule has 1 aromatic rings. The van der Waals surface area contributed by atoms with E-state index in [0.717, 1.165) is 44.5 Å². The first-order chi connectivity index (χ1) is 9.72. The summed E-state index contributed by atoms with van der Waals surface area (Å²) in [5.41, 5.74) is 6.90. The lowest BCUT2D eigenvalue weighted by atomic mass is 10.2. The molecule has 3 N–H and O–H groups in total. The van der Waals surface area contributed by atoms with Crippen LogP contribution in [0.25, 0.3) is 0 Å². The van der Waals surface area contributed by atoms with E-state index in [4.69, 9.17) is 10.8 Å². The zero-order valence-electron chi connectivity index (χ0n) is 11.9. The van der Waals surface area contributed by atoms with Gasteiger partial charge >= 0.3 is 5.97 Å². The van der Waals surface area contributed by atoms with E-state index >= 15 is 0 Å². The Hall–Kier alpha value is -1.56. The Labute approximate surface area is 119 Å². The topological polar surface area (TPSA) is 84.4 Å². The largest absolute Gasteiger partial charge is 0.481 e. The molecule has 0 aliphatic carbocycles. The molecule has 20 heavy (non-hydrogen) atoms. The van der Waals surface area contributed by atoms with Crippen molar-refractivity contribution in [1.29, 1.82) is 0 Å². The monoisotopic (exact) mass is 280 g/mol. The third-order valence-electron chi connectivity index (χ3n) is 3.77. The molecule has 112 valence electrons. The van der Waals surface area contributed by atoms with Crippen LogP contribution in [0.1, 0.15) is 44.1 Å². The lowest BCUT2D eigenvalue weighted by Gasteiger charge is -2.20. The number of hydrogen-bond donors (Lipinski definition) is 2. The van der Waals surface area contributed by atoms with Crippen molar-refractivity contribution in [3.05, 3.63) is 11.8 Å². The van der Waals surface area contributed by atoms with E-state index in [1.54, 1.807) is 0 Å². The van der Waals surface area contributed by atoms with Crippen molar-refractivity contribution in [3.63, 3.8) is 0 Å². The third-order valence-corrected chi connectivity index (χ3v) is 3.77. The molecule has 6 heteroatoms. The Morgan fingerprint density at radius 3 is 2.70 bits per heavy atom. The highest BCUT2D eigenvalue weighted by molar-refractivity contribution is 5.66. The SMILES string of the molecule is NCc1cnn(CCCCCC(=O)O)c1N1CCCC1. The van der Waals surface area contributed by atoms with Gasteiger partial charge in [0, 0.05) is 38.2 Å². The van der Waals surface area contributed by atoms with Crippen LogP contribution in [0.5, 0.6) is 0 Å². The Morgan fingerprint density at radius 1 is 1.30 bits per heavy atom. The van der Waals surface area contributed by atoms with E-state index in [1.807, 2.05) is 10.9 Å². The van der Waals surface area contributed by atoms with Crippen LogP contribution in [0.3, 0.4) is 0 Å². The molecular formula is C14H24N4O2. The fourth-order valence-electron chi connectivity index (χ4n) is 2.74. The van der Waals surface area contributed by atoms with E-state index in [0.29, 0.717) is 6.54 Å². The van der Waals surface area contributed by atoms with E-state index < -0.39 is 5.97 Å². The summed E-state index contributed by atoms with van der Waals surface area (Å²) in [5.74, 6) is 0.454. The molecule has 0 atom stereocenters. The van der Waals surface area contributed by atoms with Gasteiger partial charge < -0.3 is 15.7 Å². The average molecular weight is 280 g/mol. The van der Waals surface area contributed by atoms with Crippen LogP contribution < -0.4 is 10.6 Å². The van der Waals surface area contributed by atoms with Crippen LogP contribution in [-0.2, 0) is 17.9 Å². The van der Waals surface area contributed by atoms with Crippen molar-refractivity contribution in [2.45, 2.75) is 51.6 Å². The maximum absolute atomic E-state index is 10.5. The molecule has 0 spiro atoms. The Kier molecular flexibility index (Phi) is 5.40.